The van der Waals surface area contributed by atoms with Crippen molar-refractivity contribution in [2.24, 2.45) is 5.41 Å². The third-order valence-electron chi connectivity index (χ3n) is 5.24. The molecular formula is C18H25NO3. The highest BCUT2D eigenvalue weighted by molar-refractivity contribution is 5.85. The number of nitrogens with one attached hydrogen (secondary N) is 1. The second-order valence-corrected chi connectivity index (χ2v) is 6.99. The molecule has 0 bridgehead atoms. The van der Waals surface area contributed by atoms with E-state index in [1.54, 1.807) is 0 Å². The standard InChI is InChI=1S/C18H25NO3/c1-13(17(2,3)14-8-5-4-6-9-14)19-15(20)12-18(16(21)22)10-7-11-18/h4-6,8-9,13H,7,10-12H2,1-3H3,(H,19,20)(H,21,22). The van der Waals surface area contributed by atoms with Gasteiger partial charge in [-0.15, -0.1) is 0 Å². The summed E-state index contributed by atoms with van der Waals surface area (Å²) in [6, 6.07) is 9.96. The van der Waals surface area contributed by atoms with E-state index in [4.69, 9.17) is 0 Å². The smallest absolute Gasteiger partial charge is 0.310 e. The summed E-state index contributed by atoms with van der Waals surface area (Å²) < 4.78 is 0. The highest BCUT2D eigenvalue weighted by Crippen LogP contribution is 2.44. The van der Waals surface area contributed by atoms with Crippen molar-refractivity contribution in [2.45, 2.75) is 57.9 Å². The molecule has 1 unspecified atom stereocenters. The van der Waals surface area contributed by atoms with Gasteiger partial charge >= 0.3 is 5.97 Å². The summed E-state index contributed by atoms with van der Waals surface area (Å²) in [5.74, 6) is -1.01. The molecule has 4 nitrogen and oxygen atoms in total. The quantitative estimate of drug-likeness (QED) is 0.848. The molecule has 1 saturated carbocycles. The van der Waals surface area contributed by atoms with Crippen molar-refractivity contribution >= 4 is 11.9 Å². The Morgan fingerprint density at radius 1 is 1.27 bits per heavy atom. The van der Waals surface area contributed by atoms with Crippen molar-refractivity contribution < 1.29 is 14.7 Å². The monoisotopic (exact) mass is 303 g/mol. The molecular weight excluding hydrogens is 278 g/mol. The van der Waals surface area contributed by atoms with Gasteiger partial charge in [-0.05, 0) is 25.3 Å². The Morgan fingerprint density at radius 2 is 1.86 bits per heavy atom. The number of carboxylic acids is 1. The van der Waals surface area contributed by atoms with E-state index in [-0.39, 0.29) is 23.8 Å². The van der Waals surface area contributed by atoms with Crippen LogP contribution in [0.15, 0.2) is 30.3 Å². The minimum Gasteiger partial charge on any atom is -0.481 e. The van der Waals surface area contributed by atoms with Gasteiger partial charge in [0, 0.05) is 17.9 Å². The lowest BCUT2D eigenvalue weighted by molar-refractivity contribution is -0.157. The first-order valence-electron chi connectivity index (χ1n) is 7.86. The van der Waals surface area contributed by atoms with Gasteiger partial charge in [0.05, 0.1) is 5.41 Å². The summed E-state index contributed by atoms with van der Waals surface area (Å²) >= 11 is 0. The normalized spacial score (nSPS) is 18.1. The van der Waals surface area contributed by atoms with Gasteiger partial charge in [-0.3, -0.25) is 9.59 Å². The number of hydrogen-bond acceptors (Lipinski definition) is 2. The van der Waals surface area contributed by atoms with Crippen molar-refractivity contribution in [1.29, 1.82) is 0 Å². The number of amides is 1. The van der Waals surface area contributed by atoms with Gasteiger partial charge in [0.15, 0.2) is 0 Å². The van der Waals surface area contributed by atoms with Gasteiger partial charge in [0.1, 0.15) is 0 Å². The van der Waals surface area contributed by atoms with Crippen LogP contribution in [0.25, 0.3) is 0 Å². The molecule has 0 saturated heterocycles. The average molecular weight is 303 g/mol. The van der Waals surface area contributed by atoms with Crippen LogP contribution in [0.4, 0.5) is 0 Å². The highest BCUT2D eigenvalue weighted by atomic mass is 16.4. The Kier molecular flexibility index (Phi) is 4.59. The predicted molar refractivity (Wildman–Crippen MR) is 85.6 cm³/mol. The fraction of sp³-hybridized carbons (Fsp3) is 0.556. The maximum atomic E-state index is 12.3. The summed E-state index contributed by atoms with van der Waals surface area (Å²) in [4.78, 5) is 23.6. The topological polar surface area (TPSA) is 66.4 Å². The Hall–Kier alpha value is -1.84. The molecule has 2 N–H and O–H groups in total. The lowest BCUT2D eigenvalue weighted by Crippen LogP contribution is -2.49. The third-order valence-corrected chi connectivity index (χ3v) is 5.24. The molecule has 4 heteroatoms. The second kappa shape index (κ2) is 6.11. The van der Waals surface area contributed by atoms with Crippen molar-refractivity contribution in [3.8, 4) is 0 Å². The maximum Gasteiger partial charge on any atom is 0.310 e. The first kappa shape index (κ1) is 16.5. The van der Waals surface area contributed by atoms with E-state index in [1.165, 1.54) is 0 Å². The van der Waals surface area contributed by atoms with E-state index in [1.807, 2.05) is 37.3 Å². The SMILES string of the molecule is CC(NC(=O)CC1(C(=O)O)CCC1)C(C)(C)c1ccccc1. The van der Waals surface area contributed by atoms with Crippen LogP contribution in [-0.2, 0) is 15.0 Å². The van der Waals surface area contributed by atoms with Crippen LogP contribution in [0.5, 0.6) is 0 Å². The van der Waals surface area contributed by atoms with Gasteiger partial charge in [0.25, 0.3) is 0 Å². The number of rotatable bonds is 6. The lowest BCUT2D eigenvalue weighted by Gasteiger charge is -2.38. The number of benzene rings is 1. The molecule has 120 valence electrons. The molecule has 22 heavy (non-hydrogen) atoms. The van der Waals surface area contributed by atoms with Crippen LogP contribution >= 0.6 is 0 Å². The van der Waals surface area contributed by atoms with Gasteiger partial charge in [-0.1, -0.05) is 50.6 Å². The van der Waals surface area contributed by atoms with Crippen LogP contribution < -0.4 is 5.32 Å². The Bertz CT molecular complexity index is 547. The summed E-state index contributed by atoms with van der Waals surface area (Å²) in [6.45, 7) is 6.15. The third kappa shape index (κ3) is 3.16. The van der Waals surface area contributed by atoms with E-state index < -0.39 is 11.4 Å². The molecule has 0 aromatic heterocycles. The molecule has 1 fully saturated rings. The molecule has 1 aliphatic rings. The molecule has 0 heterocycles. The number of aliphatic carboxylic acids is 1. The molecule has 1 amide bonds. The minimum absolute atomic E-state index is 0.0756. The van der Waals surface area contributed by atoms with Crippen LogP contribution in [0.2, 0.25) is 0 Å². The number of carboxylic acid groups (broad SMARTS) is 1. The van der Waals surface area contributed by atoms with E-state index in [2.05, 4.69) is 19.2 Å². The predicted octanol–water partition coefficient (Wildman–Crippen LogP) is 3.11. The Morgan fingerprint density at radius 3 is 2.32 bits per heavy atom. The van der Waals surface area contributed by atoms with Crippen LogP contribution in [0.3, 0.4) is 0 Å². The van der Waals surface area contributed by atoms with Crippen molar-refractivity contribution in [2.75, 3.05) is 0 Å². The van der Waals surface area contributed by atoms with E-state index in [0.29, 0.717) is 12.8 Å². The van der Waals surface area contributed by atoms with Gasteiger partial charge < -0.3 is 10.4 Å². The van der Waals surface area contributed by atoms with Crippen molar-refractivity contribution in [3.05, 3.63) is 35.9 Å². The average Bonchev–Trinajstić information content (AvgIpc) is 2.43. The summed E-state index contributed by atoms with van der Waals surface area (Å²) in [5.41, 5.74) is 0.104. The Labute approximate surface area is 131 Å². The molecule has 1 atom stereocenters. The number of carbonyl (C=O) groups is 2. The first-order valence-corrected chi connectivity index (χ1v) is 7.86. The van der Waals surface area contributed by atoms with Crippen LogP contribution in [0.1, 0.15) is 52.0 Å². The van der Waals surface area contributed by atoms with Crippen LogP contribution in [0, 0.1) is 5.41 Å². The van der Waals surface area contributed by atoms with Gasteiger partial charge in [-0.25, -0.2) is 0 Å². The number of hydrogen-bond donors (Lipinski definition) is 2. The zero-order valence-electron chi connectivity index (χ0n) is 13.6. The minimum atomic E-state index is -0.844. The van der Waals surface area contributed by atoms with E-state index in [0.717, 1.165) is 12.0 Å². The summed E-state index contributed by atoms with van der Waals surface area (Å²) in [7, 11) is 0. The molecule has 1 aromatic carbocycles. The van der Waals surface area contributed by atoms with Gasteiger partial charge in [-0.2, -0.15) is 0 Å². The molecule has 0 spiro atoms. The molecule has 2 rings (SSSR count). The maximum absolute atomic E-state index is 12.3. The zero-order chi connectivity index (χ0) is 16.4. The summed E-state index contributed by atoms with van der Waals surface area (Å²) in [5, 5.41) is 12.3. The summed E-state index contributed by atoms with van der Waals surface area (Å²) in [6.07, 6.45) is 2.18. The fourth-order valence-electron chi connectivity index (χ4n) is 2.97. The molecule has 0 radical (unpaired) electrons. The molecule has 1 aromatic rings. The Balaban J connectivity index is 2.01. The zero-order valence-corrected chi connectivity index (χ0v) is 13.6. The van der Waals surface area contributed by atoms with E-state index >= 15 is 0 Å². The fourth-order valence-corrected chi connectivity index (χ4v) is 2.97. The van der Waals surface area contributed by atoms with Crippen LogP contribution in [-0.4, -0.2) is 23.0 Å². The molecule has 0 aliphatic heterocycles. The highest BCUT2D eigenvalue weighted by Gasteiger charge is 2.46. The number of carbonyl (C=O) groups excluding carboxylic acids is 1. The second-order valence-electron chi connectivity index (χ2n) is 6.99. The first-order chi connectivity index (χ1) is 10.3. The molecule has 1 aliphatic carbocycles. The van der Waals surface area contributed by atoms with Crippen molar-refractivity contribution in [1.82, 2.24) is 5.32 Å². The lowest BCUT2D eigenvalue weighted by atomic mass is 9.66. The largest absolute Gasteiger partial charge is 0.481 e. The van der Waals surface area contributed by atoms with E-state index in [9.17, 15) is 14.7 Å². The van der Waals surface area contributed by atoms with Gasteiger partial charge in [0.2, 0.25) is 5.91 Å². The van der Waals surface area contributed by atoms with Crippen molar-refractivity contribution in [3.63, 3.8) is 0 Å².